The number of aromatic nitrogens is 5. The lowest BCUT2D eigenvalue weighted by Gasteiger charge is -2.00. The van der Waals surface area contributed by atoms with Gasteiger partial charge in [-0.25, -0.2) is 0 Å². The quantitative estimate of drug-likeness (QED) is 0.589. The van der Waals surface area contributed by atoms with E-state index in [-0.39, 0.29) is 0 Å². The van der Waals surface area contributed by atoms with Gasteiger partial charge in [0.15, 0.2) is 0 Å². The van der Waals surface area contributed by atoms with Crippen LogP contribution in [0.4, 0.5) is 0 Å². The number of nitrogens with zero attached hydrogens (tertiary/aromatic N) is 5. The minimum atomic E-state index is 0.456. The molecule has 6 nitrogen and oxygen atoms in total. The van der Waals surface area contributed by atoms with Gasteiger partial charge in [-0.15, -0.1) is 0 Å². The Hall–Kier alpha value is -2.54. The summed E-state index contributed by atoms with van der Waals surface area (Å²) in [5.41, 5.74) is 2.11. The van der Waals surface area contributed by atoms with Gasteiger partial charge in [-0.05, 0) is 17.8 Å². The molecule has 0 bridgehead atoms. The van der Waals surface area contributed by atoms with Crippen LogP contribution in [0.25, 0.3) is 0 Å². The van der Waals surface area contributed by atoms with Gasteiger partial charge in [-0.1, -0.05) is 30.3 Å². The summed E-state index contributed by atoms with van der Waals surface area (Å²) in [4.78, 5) is 0. The number of nitrogens with one attached hydrogen (secondary N) is 1. The first-order chi connectivity index (χ1) is 9.81. The Kier molecular flexibility index (Phi) is 3.51. The molecular formula is C13H12N6S. The second-order valence-electron chi connectivity index (χ2n) is 4.21. The van der Waals surface area contributed by atoms with Crippen LogP contribution in [0.2, 0.25) is 0 Å². The van der Waals surface area contributed by atoms with E-state index in [1.807, 2.05) is 29.1 Å². The predicted molar refractivity (Wildman–Crippen MR) is 78.2 cm³/mol. The van der Waals surface area contributed by atoms with Crippen molar-refractivity contribution in [2.75, 3.05) is 0 Å². The Labute approximate surface area is 120 Å². The van der Waals surface area contributed by atoms with Crippen LogP contribution in [0.15, 0.2) is 54.2 Å². The molecule has 20 heavy (non-hydrogen) atoms. The maximum Gasteiger partial charge on any atom is 0.216 e. The molecule has 0 spiro atoms. The first-order valence-corrected chi connectivity index (χ1v) is 6.45. The van der Waals surface area contributed by atoms with Gasteiger partial charge < -0.3 is 0 Å². The molecule has 3 aromatic rings. The zero-order valence-electron chi connectivity index (χ0n) is 10.5. The van der Waals surface area contributed by atoms with Crippen LogP contribution in [0.5, 0.6) is 0 Å². The van der Waals surface area contributed by atoms with E-state index in [0.717, 1.165) is 12.1 Å². The normalized spacial score (nSPS) is 11.2. The van der Waals surface area contributed by atoms with E-state index in [1.165, 1.54) is 16.6 Å². The first-order valence-electron chi connectivity index (χ1n) is 6.04. The summed E-state index contributed by atoms with van der Waals surface area (Å²) < 4.78 is 3.81. The van der Waals surface area contributed by atoms with Crippen molar-refractivity contribution in [1.82, 2.24) is 24.7 Å². The number of benzene rings is 1. The zero-order chi connectivity index (χ0) is 13.8. The molecule has 0 amide bonds. The summed E-state index contributed by atoms with van der Waals surface area (Å²) >= 11 is 5.00. The highest BCUT2D eigenvalue weighted by Crippen LogP contribution is 2.03. The fourth-order valence-corrected chi connectivity index (χ4v) is 1.90. The van der Waals surface area contributed by atoms with E-state index in [1.54, 1.807) is 12.4 Å². The standard InChI is InChI=1S/C13H12N6S/c20-13-17-14-10-19(13)16-7-12-6-15-18(9-12)8-11-4-2-1-3-5-11/h1-7,9-10H,8H2,(H,17,20)/b16-7-. The number of rotatable bonds is 4. The molecule has 3 rings (SSSR count). The van der Waals surface area contributed by atoms with E-state index < -0.39 is 0 Å². The van der Waals surface area contributed by atoms with Crippen molar-refractivity contribution in [3.63, 3.8) is 0 Å². The van der Waals surface area contributed by atoms with Crippen molar-refractivity contribution >= 4 is 18.4 Å². The molecule has 0 radical (unpaired) electrons. The third kappa shape index (κ3) is 2.89. The van der Waals surface area contributed by atoms with Crippen LogP contribution in [0, 0.1) is 4.77 Å². The van der Waals surface area contributed by atoms with E-state index in [2.05, 4.69) is 32.5 Å². The van der Waals surface area contributed by atoms with E-state index >= 15 is 0 Å². The van der Waals surface area contributed by atoms with Crippen molar-refractivity contribution in [3.8, 4) is 0 Å². The van der Waals surface area contributed by atoms with Gasteiger partial charge in [0, 0.05) is 11.8 Å². The smallest absolute Gasteiger partial charge is 0.216 e. The summed E-state index contributed by atoms with van der Waals surface area (Å²) in [5.74, 6) is 0. The Balaban J connectivity index is 1.73. The molecule has 2 aromatic heterocycles. The summed E-state index contributed by atoms with van der Waals surface area (Å²) in [5, 5.41) is 14.9. The van der Waals surface area contributed by atoms with Crippen molar-refractivity contribution in [3.05, 3.63) is 65.0 Å². The molecule has 1 aromatic carbocycles. The van der Waals surface area contributed by atoms with Crippen LogP contribution in [-0.4, -0.2) is 30.9 Å². The molecule has 100 valence electrons. The van der Waals surface area contributed by atoms with Crippen molar-refractivity contribution in [2.24, 2.45) is 5.10 Å². The lowest BCUT2D eigenvalue weighted by atomic mass is 10.2. The average Bonchev–Trinajstić information content (AvgIpc) is 3.07. The summed E-state index contributed by atoms with van der Waals surface area (Å²) in [6, 6.07) is 10.2. The third-order valence-electron chi connectivity index (χ3n) is 2.71. The molecule has 2 heterocycles. The third-order valence-corrected chi connectivity index (χ3v) is 2.99. The van der Waals surface area contributed by atoms with E-state index in [4.69, 9.17) is 12.2 Å². The van der Waals surface area contributed by atoms with Gasteiger partial charge in [-0.2, -0.15) is 20.0 Å². The lowest BCUT2D eigenvalue weighted by Crippen LogP contribution is -1.99. The maximum absolute atomic E-state index is 5.00. The number of aromatic amines is 1. The second kappa shape index (κ2) is 5.62. The average molecular weight is 284 g/mol. The van der Waals surface area contributed by atoms with Crippen LogP contribution in [0.3, 0.4) is 0 Å². The molecule has 0 aliphatic rings. The summed E-state index contributed by atoms with van der Waals surface area (Å²) in [6.07, 6.45) is 6.91. The Morgan fingerprint density at radius 2 is 2.15 bits per heavy atom. The molecule has 1 N–H and O–H groups in total. The molecule has 0 atom stereocenters. The van der Waals surface area contributed by atoms with Gasteiger partial charge in [0.2, 0.25) is 4.77 Å². The second-order valence-corrected chi connectivity index (χ2v) is 4.59. The number of hydrogen-bond donors (Lipinski definition) is 1. The molecule has 0 saturated carbocycles. The van der Waals surface area contributed by atoms with Crippen molar-refractivity contribution < 1.29 is 0 Å². The van der Waals surface area contributed by atoms with Crippen molar-refractivity contribution in [1.29, 1.82) is 0 Å². The Morgan fingerprint density at radius 3 is 2.90 bits per heavy atom. The predicted octanol–water partition coefficient (Wildman–Crippen LogP) is 2.07. The van der Waals surface area contributed by atoms with Crippen LogP contribution < -0.4 is 0 Å². The zero-order valence-corrected chi connectivity index (χ0v) is 11.4. The molecule has 0 saturated heterocycles. The van der Waals surface area contributed by atoms with Gasteiger partial charge in [-0.3, -0.25) is 9.78 Å². The highest BCUT2D eigenvalue weighted by atomic mass is 32.1. The van der Waals surface area contributed by atoms with Crippen LogP contribution >= 0.6 is 12.2 Å². The maximum atomic E-state index is 5.00. The molecule has 0 unspecified atom stereocenters. The number of H-pyrrole nitrogens is 1. The highest BCUT2D eigenvalue weighted by molar-refractivity contribution is 7.71. The topological polar surface area (TPSA) is 63.8 Å². The van der Waals surface area contributed by atoms with E-state index in [9.17, 15) is 0 Å². The van der Waals surface area contributed by atoms with Crippen LogP contribution in [0.1, 0.15) is 11.1 Å². The fourth-order valence-electron chi connectivity index (χ4n) is 1.76. The minimum Gasteiger partial charge on any atom is -0.268 e. The Morgan fingerprint density at radius 1 is 1.30 bits per heavy atom. The monoisotopic (exact) mass is 284 g/mol. The van der Waals surface area contributed by atoms with Gasteiger partial charge >= 0.3 is 0 Å². The lowest BCUT2D eigenvalue weighted by molar-refractivity contribution is 0.687. The van der Waals surface area contributed by atoms with E-state index in [0.29, 0.717) is 4.77 Å². The van der Waals surface area contributed by atoms with Gasteiger partial charge in [0.25, 0.3) is 0 Å². The molecule has 7 heteroatoms. The fraction of sp³-hybridized carbons (Fsp3) is 0.0769. The molecule has 0 fully saturated rings. The summed E-state index contributed by atoms with van der Waals surface area (Å²) in [6.45, 7) is 0.736. The molecular weight excluding hydrogens is 272 g/mol. The highest BCUT2D eigenvalue weighted by Gasteiger charge is 1.98. The summed E-state index contributed by atoms with van der Waals surface area (Å²) in [7, 11) is 0. The van der Waals surface area contributed by atoms with Crippen molar-refractivity contribution in [2.45, 2.75) is 6.54 Å². The largest absolute Gasteiger partial charge is 0.268 e. The minimum absolute atomic E-state index is 0.456. The molecule has 0 aliphatic carbocycles. The first kappa shape index (κ1) is 12.5. The van der Waals surface area contributed by atoms with Crippen LogP contribution in [-0.2, 0) is 6.54 Å². The Bertz CT molecular complexity index is 767. The van der Waals surface area contributed by atoms with Gasteiger partial charge in [0.1, 0.15) is 6.33 Å². The molecule has 0 aliphatic heterocycles. The SMILES string of the molecule is S=c1[nH]ncn1/N=C\c1cnn(Cc2ccccc2)c1. The number of hydrogen-bond acceptors (Lipinski definition) is 4. The van der Waals surface area contributed by atoms with Gasteiger partial charge in [0.05, 0.1) is 19.0 Å².